The molecule has 1 atom stereocenters. The van der Waals surface area contributed by atoms with E-state index < -0.39 is 17.7 Å². The van der Waals surface area contributed by atoms with E-state index >= 15 is 0 Å². The molecule has 0 fully saturated rings. The summed E-state index contributed by atoms with van der Waals surface area (Å²) in [5.74, 6) is -0.786. The van der Waals surface area contributed by atoms with Crippen molar-refractivity contribution >= 4 is 23.0 Å². The molecule has 148 valence electrons. The average molecular weight is 400 g/mol. The number of nitrogens with zero attached hydrogens (tertiary/aromatic N) is 1. The van der Waals surface area contributed by atoms with Gasteiger partial charge in [0.25, 0.3) is 5.91 Å². The molecule has 1 aromatic carbocycles. The fourth-order valence-corrected chi connectivity index (χ4v) is 4.09. The van der Waals surface area contributed by atoms with E-state index in [4.69, 9.17) is 0 Å². The van der Waals surface area contributed by atoms with Crippen molar-refractivity contribution in [3.05, 3.63) is 69.1 Å². The van der Waals surface area contributed by atoms with Gasteiger partial charge in [-0.3, -0.25) is 9.59 Å². The van der Waals surface area contributed by atoms with Crippen LogP contribution in [0.15, 0.2) is 53.1 Å². The Labute approximate surface area is 169 Å². The number of rotatable bonds is 7. The number of hydrogen-bond acceptors (Lipinski definition) is 4. The van der Waals surface area contributed by atoms with Gasteiger partial charge in [-0.2, -0.15) is 0 Å². The van der Waals surface area contributed by atoms with Crippen LogP contribution in [-0.4, -0.2) is 48.9 Å². The Kier molecular flexibility index (Phi) is 6.01. The molecule has 2 aromatic rings. The third kappa shape index (κ3) is 3.88. The number of quaternary nitrogens is 1. The minimum Gasteiger partial charge on any atom is -0.503 e. The first-order valence-electron chi connectivity index (χ1n) is 9.52. The molecule has 2 N–H and O–H groups in total. The number of aliphatic hydroxyl groups excluding tert-OH is 1. The van der Waals surface area contributed by atoms with Gasteiger partial charge in [-0.25, -0.2) is 0 Å². The number of benzene rings is 1. The molecule has 5 nitrogen and oxygen atoms in total. The van der Waals surface area contributed by atoms with Crippen LogP contribution in [0.3, 0.4) is 0 Å². The molecular weight excluding hydrogens is 372 g/mol. The normalized spacial score (nSPS) is 17.3. The summed E-state index contributed by atoms with van der Waals surface area (Å²) < 4.78 is 0. The second-order valence-electron chi connectivity index (χ2n) is 7.75. The zero-order chi connectivity index (χ0) is 20.4. The fraction of sp³-hybridized carbons (Fsp3) is 0.364. The number of thiophene rings is 1. The summed E-state index contributed by atoms with van der Waals surface area (Å²) in [6.45, 7) is 5.43. The topological polar surface area (TPSA) is 62.0 Å². The molecule has 0 spiro atoms. The number of Topliss-reactive ketones (excluding diaryl/α,β-unsaturated/α-hetero) is 1. The van der Waals surface area contributed by atoms with Crippen molar-refractivity contribution in [3.8, 4) is 0 Å². The van der Waals surface area contributed by atoms with Crippen molar-refractivity contribution in [1.82, 2.24) is 4.90 Å². The van der Waals surface area contributed by atoms with Crippen molar-refractivity contribution < 1.29 is 19.6 Å². The summed E-state index contributed by atoms with van der Waals surface area (Å²) in [5.41, 5.74) is 2.21. The van der Waals surface area contributed by atoms with Gasteiger partial charge in [-0.15, -0.1) is 11.3 Å². The maximum Gasteiger partial charge on any atom is 0.290 e. The van der Waals surface area contributed by atoms with Crippen LogP contribution in [0.4, 0.5) is 0 Å². The van der Waals surface area contributed by atoms with Gasteiger partial charge in [-0.05, 0) is 28.5 Å². The maximum atomic E-state index is 13.1. The Hall–Kier alpha value is -2.44. The molecule has 1 aliphatic heterocycles. The minimum atomic E-state index is -0.567. The van der Waals surface area contributed by atoms with Crippen molar-refractivity contribution in [2.24, 2.45) is 0 Å². The van der Waals surface area contributed by atoms with Gasteiger partial charge in [0.15, 0.2) is 5.76 Å². The van der Waals surface area contributed by atoms with E-state index in [9.17, 15) is 14.7 Å². The Balaban J connectivity index is 2.04. The third-order valence-corrected chi connectivity index (χ3v) is 5.93. The number of hydrogen-bond donors (Lipinski definition) is 2. The van der Waals surface area contributed by atoms with Crippen molar-refractivity contribution in [2.75, 3.05) is 27.2 Å². The number of ketones is 1. The lowest BCUT2D eigenvalue weighted by atomic mass is 9.93. The van der Waals surface area contributed by atoms with Crippen LogP contribution in [-0.2, 0) is 4.79 Å². The first kappa shape index (κ1) is 20.3. The lowest BCUT2D eigenvalue weighted by molar-refractivity contribution is -0.857. The lowest BCUT2D eigenvalue weighted by Crippen LogP contribution is -3.06. The molecule has 1 amide bonds. The summed E-state index contributed by atoms with van der Waals surface area (Å²) in [6, 6.07) is 10.9. The summed E-state index contributed by atoms with van der Waals surface area (Å²) in [4.78, 5) is 29.3. The highest BCUT2D eigenvalue weighted by Gasteiger charge is 2.44. The molecular formula is C22H27N2O3S+. The van der Waals surface area contributed by atoms with Gasteiger partial charge in [0.05, 0.1) is 43.7 Å². The molecule has 0 radical (unpaired) electrons. The standard InChI is InChI=1S/C22H26N2O3S/c1-14(2)15-7-9-16(10-8-15)19-18(20(25)17-6-5-13-28-17)21(26)22(27)24(19)12-11-23(3)4/h5-10,13-14,19,26H,11-12H2,1-4H3/p+1/t19-/m0/s1. The molecule has 6 heteroatoms. The predicted octanol–water partition coefficient (Wildman–Crippen LogP) is 2.59. The van der Waals surface area contributed by atoms with E-state index in [0.29, 0.717) is 17.3 Å². The highest BCUT2D eigenvalue weighted by molar-refractivity contribution is 7.12. The summed E-state index contributed by atoms with van der Waals surface area (Å²) in [6.07, 6.45) is 0. The maximum absolute atomic E-state index is 13.1. The summed E-state index contributed by atoms with van der Waals surface area (Å²) in [5, 5.41) is 12.4. The van der Waals surface area contributed by atoms with Crippen LogP contribution in [0.5, 0.6) is 0 Å². The van der Waals surface area contributed by atoms with Crippen LogP contribution in [0.2, 0.25) is 0 Å². The largest absolute Gasteiger partial charge is 0.503 e. The number of carbonyl (C=O) groups is 2. The molecule has 3 rings (SSSR count). The molecule has 0 unspecified atom stereocenters. The quantitative estimate of drug-likeness (QED) is 0.704. The molecule has 1 aromatic heterocycles. The fourth-order valence-electron chi connectivity index (χ4n) is 3.41. The smallest absolute Gasteiger partial charge is 0.290 e. The van der Waals surface area contributed by atoms with Gasteiger partial charge in [0, 0.05) is 0 Å². The van der Waals surface area contributed by atoms with Gasteiger partial charge in [0.2, 0.25) is 5.78 Å². The SMILES string of the molecule is CC(C)c1ccc([C@H]2C(C(=O)c3cccs3)=C(O)C(=O)N2CC[NH+](C)C)cc1. The van der Waals surface area contributed by atoms with Crippen LogP contribution in [0, 0.1) is 0 Å². The minimum absolute atomic E-state index is 0.179. The van der Waals surface area contributed by atoms with Crippen molar-refractivity contribution in [1.29, 1.82) is 0 Å². The second kappa shape index (κ2) is 8.29. The molecule has 28 heavy (non-hydrogen) atoms. The van der Waals surface area contributed by atoms with Gasteiger partial charge in [-0.1, -0.05) is 44.2 Å². The van der Waals surface area contributed by atoms with Crippen LogP contribution in [0.25, 0.3) is 0 Å². The highest BCUT2D eigenvalue weighted by Crippen LogP contribution is 2.39. The van der Waals surface area contributed by atoms with Gasteiger partial charge >= 0.3 is 0 Å². The summed E-state index contributed by atoms with van der Waals surface area (Å²) in [7, 11) is 4.02. The third-order valence-electron chi connectivity index (χ3n) is 5.06. The van der Waals surface area contributed by atoms with E-state index in [1.165, 1.54) is 21.8 Å². The first-order valence-corrected chi connectivity index (χ1v) is 10.4. The first-order chi connectivity index (χ1) is 13.3. The highest BCUT2D eigenvalue weighted by atomic mass is 32.1. The number of nitrogens with one attached hydrogen (secondary N) is 1. The molecule has 0 bridgehead atoms. The van der Waals surface area contributed by atoms with E-state index in [1.807, 2.05) is 43.7 Å². The number of aliphatic hydroxyl groups is 1. The molecule has 0 aliphatic carbocycles. The molecule has 0 saturated heterocycles. The monoisotopic (exact) mass is 399 g/mol. The van der Waals surface area contributed by atoms with Crippen molar-refractivity contribution in [3.63, 3.8) is 0 Å². The van der Waals surface area contributed by atoms with Gasteiger partial charge in [0.1, 0.15) is 0 Å². The lowest BCUT2D eigenvalue weighted by Gasteiger charge is -2.27. The second-order valence-corrected chi connectivity index (χ2v) is 8.70. The van der Waals surface area contributed by atoms with Crippen LogP contribution >= 0.6 is 11.3 Å². The van der Waals surface area contributed by atoms with Crippen LogP contribution < -0.4 is 4.90 Å². The number of likely N-dealkylation sites (N-methyl/N-ethyl adjacent to an activating group) is 1. The van der Waals surface area contributed by atoms with E-state index in [0.717, 1.165) is 12.1 Å². The Bertz CT molecular complexity index is 883. The van der Waals surface area contributed by atoms with E-state index in [-0.39, 0.29) is 11.4 Å². The predicted molar refractivity (Wildman–Crippen MR) is 111 cm³/mol. The Morgan fingerprint density at radius 3 is 2.43 bits per heavy atom. The summed E-state index contributed by atoms with van der Waals surface area (Å²) >= 11 is 1.32. The number of amides is 1. The molecule has 0 saturated carbocycles. The Morgan fingerprint density at radius 2 is 1.89 bits per heavy atom. The molecule has 1 aliphatic rings. The number of carbonyl (C=O) groups excluding carboxylic acids is 2. The van der Waals surface area contributed by atoms with E-state index in [1.54, 1.807) is 17.0 Å². The van der Waals surface area contributed by atoms with E-state index in [2.05, 4.69) is 13.8 Å². The zero-order valence-corrected chi connectivity index (χ0v) is 17.5. The van der Waals surface area contributed by atoms with Crippen molar-refractivity contribution in [2.45, 2.75) is 25.8 Å². The van der Waals surface area contributed by atoms with Gasteiger partial charge < -0.3 is 14.9 Å². The van der Waals surface area contributed by atoms with Crippen LogP contribution in [0.1, 0.15) is 46.6 Å². The zero-order valence-electron chi connectivity index (χ0n) is 16.7. The Morgan fingerprint density at radius 1 is 1.21 bits per heavy atom. The molecule has 2 heterocycles. The average Bonchev–Trinajstić information content (AvgIpc) is 3.28.